The number of thiazole rings is 1. The molecule has 0 unspecified atom stereocenters. The van der Waals surface area contributed by atoms with Crippen LogP contribution < -0.4 is 5.73 Å². The monoisotopic (exact) mass is 248 g/mol. The van der Waals surface area contributed by atoms with Gasteiger partial charge in [0.05, 0.1) is 0 Å². The molecule has 0 fully saturated rings. The van der Waals surface area contributed by atoms with E-state index in [0.717, 1.165) is 11.3 Å². The summed E-state index contributed by atoms with van der Waals surface area (Å²) in [5, 5.41) is 10.0. The third-order valence-corrected chi connectivity index (χ3v) is 3.93. The number of urea groups is 1. The first-order chi connectivity index (χ1) is 6.80. The molecular formula is C7H10N3O3S2-. The maximum Gasteiger partial charge on any atom is 0.315 e. The predicted molar refractivity (Wildman–Crippen MR) is 55.7 cm³/mol. The van der Waals surface area contributed by atoms with Crippen molar-refractivity contribution in [3.8, 4) is 0 Å². The van der Waals surface area contributed by atoms with Crippen LogP contribution in [0.15, 0.2) is 14.8 Å². The number of carbonyl (C=O) groups is 1. The maximum absolute atomic E-state index is 11.3. The molecule has 1 aromatic rings. The summed E-state index contributed by atoms with van der Waals surface area (Å²) in [7, 11) is -1.83. The van der Waals surface area contributed by atoms with Crippen LogP contribution in [-0.4, -0.2) is 16.1 Å². The van der Waals surface area contributed by atoms with Crippen molar-refractivity contribution in [2.75, 3.05) is 0 Å². The number of carbonyl (C=O) groups excluding carboxylic acids is 1. The van der Waals surface area contributed by atoms with Crippen molar-refractivity contribution >= 4 is 28.0 Å². The second-order valence-electron chi connectivity index (χ2n) is 3.22. The molecule has 0 aliphatic heterocycles. The molecule has 0 bridgehead atoms. The summed E-state index contributed by atoms with van der Waals surface area (Å²) in [6, 6.07) is -0.994. The van der Waals surface area contributed by atoms with Gasteiger partial charge in [-0.05, 0) is 18.1 Å². The highest BCUT2D eigenvalue weighted by molar-refractivity contribution is 7.78. The van der Waals surface area contributed by atoms with Gasteiger partial charge in [-0.3, -0.25) is 0 Å². The van der Waals surface area contributed by atoms with Crippen molar-refractivity contribution in [3.63, 3.8) is 0 Å². The van der Waals surface area contributed by atoms with E-state index in [9.17, 15) is 14.1 Å². The standard InChI is InChI=1S/C7H10N3O3S2/c1-7(2,12)5-9-3-4(14-5)15(13)10-6(8)11/h3,12H,1-2H3,(H2,8,11)/q-1. The molecule has 1 heterocycles. The molecule has 3 N–H and O–H groups in total. The second-order valence-corrected chi connectivity index (χ2v) is 5.63. The number of aliphatic hydroxyl groups is 1. The fourth-order valence-corrected chi connectivity index (χ4v) is 2.43. The van der Waals surface area contributed by atoms with E-state index in [1.54, 1.807) is 13.8 Å². The van der Waals surface area contributed by atoms with Crippen molar-refractivity contribution in [2.24, 2.45) is 10.1 Å². The minimum Gasteiger partial charge on any atom is -0.439 e. The lowest BCUT2D eigenvalue weighted by Gasteiger charge is -2.12. The normalized spacial score (nSPS) is 14.1. The van der Waals surface area contributed by atoms with Crippen LogP contribution in [0, 0.1) is 0 Å². The summed E-state index contributed by atoms with van der Waals surface area (Å²) < 4.78 is 14.8. The van der Waals surface area contributed by atoms with Gasteiger partial charge in [-0.15, -0.1) is 21.9 Å². The van der Waals surface area contributed by atoms with E-state index in [-0.39, 0.29) is 4.21 Å². The minimum atomic E-state index is -1.83. The molecule has 0 saturated carbocycles. The van der Waals surface area contributed by atoms with Gasteiger partial charge < -0.3 is 19.4 Å². The van der Waals surface area contributed by atoms with Crippen LogP contribution in [-0.2, 0) is 20.4 Å². The molecule has 6 nitrogen and oxygen atoms in total. The van der Waals surface area contributed by atoms with Crippen LogP contribution in [0.2, 0.25) is 0 Å². The Morgan fingerprint density at radius 1 is 1.73 bits per heavy atom. The van der Waals surface area contributed by atoms with Crippen LogP contribution in [0.1, 0.15) is 18.9 Å². The molecule has 15 heavy (non-hydrogen) atoms. The molecule has 0 atom stereocenters. The van der Waals surface area contributed by atoms with E-state index in [1.807, 2.05) is 0 Å². The van der Waals surface area contributed by atoms with Crippen molar-refractivity contribution in [1.29, 1.82) is 0 Å². The average Bonchev–Trinajstić information content (AvgIpc) is 2.48. The minimum absolute atomic E-state index is 0.283. The Kier molecular flexibility index (Phi) is 3.42. The van der Waals surface area contributed by atoms with E-state index < -0.39 is 22.2 Å². The summed E-state index contributed by atoms with van der Waals surface area (Å²) in [6.45, 7) is 3.12. The zero-order chi connectivity index (χ0) is 11.6. The van der Waals surface area contributed by atoms with Crippen molar-refractivity contribution in [1.82, 2.24) is 4.98 Å². The quantitative estimate of drug-likeness (QED) is 0.760. The van der Waals surface area contributed by atoms with E-state index in [4.69, 9.17) is 5.73 Å². The number of nitrogens with two attached hydrogens (primary N) is 1. The second kappa shape index (κ2) is 4.25. The Labute approximate surface area is 92.4 Å². The van der Waals surface area contributed by atoms with Crippen molar-refractivity contribution in [3.05, 3.63) is 11.2 Å². The number of hydrogen-bond acceptors (Lipinski definition) is 6. The number of aromatic nitrogens is 1. The summed E-state index contributed by atoms with van der Waals surface area (Å²) in [5.74, 6) is 0. The van der Waals surface area contributed by atoms with E-state index >= 15 is 0 Å². The third kappa shape index (κ3) is 3.26. The SMILES string of the molecule is CC(C)(O)c1ncc([S-](=O)=NC(N)=O)s1. The molecule has 0 saturated heterocycles. The van der Waals surface area contributed by atoms with Crippen molar-refractivity contribution in [2.45, 2.75) is 23.7 Å². The van der Waals surface area contributed by atoms with Crippen LogP contribution in [0.4, 0.5) is 4.79 Å². The van der Waals surface area contributed by atoms with E-state index in [0.29, 0.717) is 5.01 Å². The van der Waals surface area contributed by atoms with Crippen molar-refractivity contribution < 1.29 is 14.1 Å². The summed E-state index contributed by atoms with van der Waals surface area (Å²) in [5.41, 5.74) is 3.66. The van der Waals surface area contributed by atoms with Gasteiger partial charge in [0.1, 0.15) is 10.6 Å². The molecule has 0 aliphatic carbocycles. The first-order valence-electron chi connectivity index (χ1n) is 3.92. The fourth-order valence-electron chi connectivity index (χ4n) is 0.750. The average molecular weight is 248 g/mol. The van der Waals surface area contributed by atoms with E-state index in [1.165, 1.54) is 6.20 Å². The first kappa shape index (κ1) is 12.1. The molecule has 0 aromatic carbocycles. The highest BCUT2D eigenvalue weighted by Crippen LogP contribution is 2.25. The van der Waals surface area contributed by atoms with Crippen LogP contribution in [0.5, 0.6) is 0 Å². The fraction of sp³-hybridized carbons (Fsp3) is 0.429. The van der Waals surface area contributed by atoms with Gasteiger partial charge in [-0.1, -0.05) is 0 Å². The molecule has 2 amide bonds. The van der Waals surface area contributed by atoms with Gasteiger partial charge in [0, 0.05) is 6.20 Å². The Hall–Kier alpha value is -0.990. The zero-order valence-electron chi connectivity index (χ0n) is 8.13. The third-order valence-electron chi connectivity index (χ3n) is 1.35. The molecule has 0 radical (unpaired) electrons. The number of amides is 2. The smallest absolute Gasteiger partial charge is 0.315 e. The lowest BCUT2D eigenvalue weighted by Crippen LogP contribution is -2.14. The Bertz CT molecular complexity index is 454. The Morgan fingerprint density at radius 3 is 2.73 bits per heavy atom. The number of nitrogens with zero attached hydrogens (tertiary/aromatic N) is 2. The molecule has 1 rings (SSSR count). The Morgan fingerprint density at radius 2 is 2.33 bits per heavy atom. The highest BCUT2D eigenvalue weighted by Gasteiger charge is 2.18. The number of hydrogen-bond donors (Lipinski definition) is 2. The van der Waals surface area contributed by atoms with E-state index in [2.05, 4.69) is 9.35 Å². The van der Waals surface area contributed by atoms with Crippen LogP contribution >= 0.6 is 11.3 Å². The number of rotatable bonds is 2. The zero-order valence-corrected chi connectivity index (χ0v) is 9.76. The van der Waals surface area contributed by atoms with Gasteiger partial charge in [-0.2, -0.15) is 0 Å². The Balaban J connectivity index is 3.05. The summed E-state index contributed by atoms with van der Waals surface area (Å²) in [6.07, 6.45) is 1.31. The van der Waals surface area contributed by atoms with Crippen LogP contribution in [0.3, 0.4) is 0 Å². The molecule has 0 aliphatic rings. The predicted octanol–water partition coefficient (Wildman–Crippen LogP) is 0.956. The van der Waals surface area contributed by atoms with Crippen LogP contribution in [0.25, 0.3) is 0 Å². The topological polar surface area (TPSA) is 106 Å². The molecule has 84 valence electrons. The van der Waals surface area contributed by atoms with Gasteiger partial charge in [-0.25, -0.2) is 9.78 Å². The summed E-state index contributed by atoms with van der Waals surface area (Å²) >= 11 is 1.03. The molecule has 8 heteroatoms. The molecular weight excluding hydrogens is 238 g/mol. The largest absolute Gasteiger partial charge is 0.439 e. The molecule has 1 aromatic heterocycles. The summed E-state index contributed by atoms with van der Waals surface area (Å²) in [4.78, 5) is 14.3. The molecule has 0 spiro atoms. The van der Waals surface area contributed by atoms with Gasteiger partial charge >= 0.3 is 6.03 Å². The maximum atomic E-state index is 11.3. The number of primary amides is 1. The lowest BCUT2D eigenvalue weighted by molar-refractivity contribution is 0.0783. The van der Waals surface area contributed by atoms with Gasteiger partial charge in [0.25, 0.3) is 0 Å². The highest BCUT2D eigenvalue weighted by atomic mass is 32.2. The van der Waals surface area contributed by atoms with Gasteiger partial charge in [0.2, 0.25) is 0 Å². The first-order valence-corrected chi connectivity index (χ1v) is 5.85. The van der Waals surface area contributed by atoms with Gasteiger partial charge in [0.15, 0.2) is 0 Å². The lowest BCUT2D eigenvalue weighted by atomic mass is 10.2.